The Labute approximate surface area is 98.1 Å². The maximum Gasteiger partial charge on any atom is 0.401 e. The zero-order chi connectivity index (χ0) is 11.9. The van der Waals surface area contributed by atoms with E-state index in [9.17, 15) is 13.2 Å². The summed E-state index contributed by atoms with van der Waals surface area (Å²) in [7, 11) is 0. The molecule has 0 rings (SSSR count). The quantitative estimate of drug-likeness (QED) is 0.646. The standard InChI is InChI=1S/C10H19BrF3N/c1-3-9(4-2)7-15(6-5-11)8-10(12,13)14/h9H,3-8H2,1-2H3. The molecule has 0 radical (unpaired) electrons. The molecular formula is C10H19BrF3N. The third-order valence-electron chi connectivity index (χ3n) is 2.47. The Kier molecular flexibility index (Phi) is 7.61. The third kappa shape index (κ3) is 8.08. The molecule has 0 amide bonds. The first-order valence-corrected chi connectivity index (χ1v) is 6.40. The van der Waals surface area contributed by atoms with Crippen molar-refractivity contribution in [1.82, 2.24) is 4.90 Å². The highest BCUT2D eigenvalue weighted by molar-refractivity contribution is 9.09. The summed E-state index contributed by atoms with van der Waals surface area (Å²) in [4.78, 5) is 1.48. The van der Waals surface area contributed by atoms with E-state index in [0.29, 0.717) is 24.3 Å². The predicted octanol–water partition coefficient (Wildman–Crippen LogP) is 3.68. The summed E-state index contributed by atoms with van der Waals surface area (Å²) < 4.78 is 36.7. The summed E-state index contributed by atoms with van der Waals surface area (Å²) in [6.45, 7) is 4.24. The molecule has 0 bridgehead atoms. The van der Waals surface area contributed by atoms with Crippen LogP contribution in [0.2, 0.25) is 0 Å². The normalized spacial score (nSPS) is 12.8. The van der Waals surface area contributed by atoms with Crippen LogP contribution in [-0.2, 0) is 0 Å². The first kappa shape index (κ1) is 15.2. The fourth-order valence-corrected chi connectivity index (χ4v) is 2.02. The van der Waals surface area contributed by atoms with Gasteiger partial charge in [-0.1, -0.05) is 42.6 Å². The second-order valence-electron chi connectivity index (χ2n) is 3.72. The van der Waals surface area contributed by atoms with E-state index >= 15 is 0 Å². The summed E-state index contributed by atoms with van der Waals surface area (Å²) >= 11 is 3.18. The molecule has 0 aliphatic carbocycles. The van der Waals surface area contributed by atoms with Gasteiger partial charge in [-0.25, -0.2) is 0 Å². The van der Waals surface area contributed by atoms with Gasteiger partial charge in [0.25, 0.3) is 0 Å². The molecule has 92 valence electrons. The van der Waals surface area contributed by atoms with Gasteiger partial charge >= 0.3 is 6.18 Å². The van der Waals surface area contributed by atoms with Crippen LogP contribution < -0.4 is 0 Å². The van der Waals surface area contributed by atoms with Gasteiger partial charge in [0.2, 0.25) is 0 Å². The van der Waals surface area contributed by atoms with Crippen LogP contribution in [0.3, 0.4) is 0 Å². The van der Waals surface area contributed by atoms with E-state index in [1.807, 2.05) is 13.8 Å². The van der Waals surface area contributed by atoms with E-state index in [2.05, 4.69) is 15.9 Å². The van der Waals surface area contributed by atoms with E-state index in [1.165, 1.54) is 4.90 Å². The van der Waals surface area contributed by atoms with Gasteiger partial charge < -0.3 is 0 Å². The lowest BCUT2D eigenvalue weighted by Gasteiger charge is -2.26. The van der Waals surface area contributed by atoms with Gasteiger partial charge in [0.1, 0.15) is 0 Å². The molecule has 0 aliphatic rings. The van der Waals surface area contributed by atoms with Gasteiger partial charge in [-0.3, -0.25) is 4.90 Å². The molecule has 0 N–H and O–H groups in total. The van der Waals surface area contributed by atoms with Crippen LogP contribution in [0.1, 0.15) is 26.7 Å². The van der Waals surface area contributed by atoms with Crippen molar-refractivity contribution in [1.29, 1.82) is 0 Å². The second kappa shape index (κ2) is 7.49. The summed E-state index contributed by atoms with van der Waals surface area (Å²) in [6, 6.07) is 0. The van der Waals surface area contributed by atoms with Crippen LogP contribution in [0.25, 0.3) is 0 Å². The van der Waals surface area contributed by atoms with Gasteiger partial charge in [0, 0.05) is 18.4 Å². The Morgan fingerprint density at radius 3 is 2.07 bits per heavy atom. The molecule has 0 aromatic rings. The molecular weight excluding hydrogens is 271 g/mol. The molecule has 15 heavy (non-hydrogen) atoms. The smallest absolute Gasteiger partial charge is 0.294 e. The van der Waals surface area contributed by atoms with Crippen LogP contribution in [0.4, 0.5) is 13.2 Å². The molecule has 0 heterocycles. The fraction of sp³-hybridized carbons (Fsp3) is 1.00. The minimum atomic E-state index is -4.09. The Balaban J connectivity index is 4.14. The molecule has 0 spiro atoms. The largest absolute Gasteiger partial charge is 0.401 e. The summed E-state index contributed by atoms with van der Waals surface area (Å²) in [5.74, 6) is 0.367. The van der Waals surface area contributed by atoms with Crippen molar-refractivity contribution >= 4 is 15.9 Å². The van der Waals surface area contributed by atoms with Crippen molar-refractivity contribution in [2.45, 2.75) is 32.9 Å². The van der Waals surface area contributed by atoms with E-state index in [1.54, 1.807) is 0 Å². The minimum Gasteiger partial charge on any atom is -0.294 e. The van der Waals surface area contributed by atoms with Gasteiger partial charge in [0.15, 0.2) is 0 Å². The van der Waals surface area contributed by atoms with Gasteiger partial charge in [-0.2, -0.15) is 13.2 Å². The molecule has 0 aliphatic heterocycles. The van der Waals surface area contributed by atoms with E-state index < -0.39 is 12.7 Å². The average molecular weight is 290 g/mol. The Morgan fingerprint density at radius 2 is 1.73 bits per heavy atom. The topological polar surface area (TPSA) is 3.24 Å². The summed E-state index contributed by atoms with van der Waals surface area (Å²) in [5, 5.41) is 0.587. The highest BCUT2D eigenvalue weighted by Gasteiger charge is 2.30. The number of hydrogen-bond donors (Lipinski definition) is 0. The molecule has 0 fully saturated rings. The van der Waals surface area contributed by atoms with E-state index in [-0.39, 0.29) is 0 Å². The van der Waals surface area contributed by atoms with Crippen molar-refractivity contribution in [3.63, 3.8) is 0 Å². The number of nitrogens with zero attached hydrogens (tertiary/aromatic N) is 1. The molecule has 0 aromatic heterocycles. The van der Waals surface area contributed by atoms with Crippen LogP contribution in [0.5, 0.6) is 0 Å². The van der Waals surface area contributed by atoms with Crippen molar-refractivity contribution in [3.8, 4) is 0 Å². The van der Waals surface area contributed by atoms with Crippen molar-refractivity contribution in [3.05, 3.63) is 0 Å². The molecule has 0 aromatic carbocycles. The number of rotatable bonds is 7. The maximum absolute atomic E-state index is 12.2. The van der Waals surface area contributed by atoms with Crippen LogP contribution in [-0.4, -0.2) is 36.0 Å². The molecule has 0 saturated heterocycles. The molecule has 1 nitrogen and oxygen atoms in total. The summed E-state index contributed by atoms with van der Waals surface area (Å²) in [5.41, 5.74) is 0. The SMILES string of the molecule is CCC(CC)CN(CCBr)CC(F)(F)F. The van der Waals surface area contributed by atoms with Crippen LogP contribution in [0.15, 0.2) is 0 Å². The predicted molar refractivity (Wildman–Crippen MR) is 60.4 cm³/mol. The van der Waals surface area contributed by atoms with Crippen molar-refractivity contribution in [2.75, 3.05) is 25.0 Å². The lowest BCUT2D eigenvalue weighted by atomic mass is 10.0. The first-order chi connectivity index (χ1) is 6.92. The number of alkyl halides is 4. The van der Waals surface area contributed by atoms with Crippen molar-refractivity contribution in [2.24, 2.45) is 5.92 Å². The van der Waals surface area contributed by atoms with Gasteiger partial charge in [-0.15, -0.1) is 0 Å². The maximum atomic E-state index is 12.2. The number of hydrogen-bond acceptors (Lipinski definition) is 1. The summed E-state index contributed by atoms with van der Waals surface area (Å²) in [6.07, 6.45) is -2.21. The molecule has 0 atom stereocenters. The Morgan fingerprint density at radius 1 is 1.20 bits per heavy atom. The lowest BCUT2D eigenvalue weighted by molar-refractivity contribution is -0.146. The van der Waals surface area contributed by atoms with Crippen molar-refractivity contribution < 1.29 is 13.2 Å². The number of halogens is 4. The Bertz CT molecular complexity index is 157. The zero-order valence-electron chi connectivity index (χ0n) is 9.28. The molecule has 0 unspecified atom stereocenters. The van der Waals surface area contributed by atoms with Gasteiger partial charge in [-0.05, 0) is 5.92 Å². The fourth-order valence-electron chi connectivity index (χ4n) is 1.52. The lowest BCUT2D eigenvalue weighted by Crippen LogP contribution is -2.38. The zero-order valence-corrected chi connectivity index (χ0v) is 10.9. The van der Waals surface area contributed by atoms with Crippen LogP contribution >= 0.6 is 15.9 Å². The van der Waals surface area contributed by atoms with E-state index in [4.69, 9.17) is 0 Å². The Hall–Kier alpha value is 0.230. The second-order valence-corrected chi connectivity index (χ2v) is 4.51. The third-order valence-corrected chi connectivity index (χ3v) is 2.83. The first-order valence-electron chi connectivity index (χ1n) is 5.28. The van der Waals surface area contributed by atoms with E-state index in [0.717, 1.165) is 12.8 Å². The van der Waals surface area contributed by atoms with Gasteiger partial charge in [0.05, 0.1) is 6.54 Å². The van der Waals surface area contributed by atoms with Crippen LogP contribution in [0, 0.1) is 5.92 Å². The highest BCUT2D eigenvalue weighted by atomic mass is 79.9. The highest BCUT2D eigenvalue weighted by Crippen LogP contribution is 2.18. The molecule has 0 saturated carbocycles. The minimum absolute atomic E-state index is 0.367. The monoisotopic (exact) mass is 289 g/mol. The molecule has 5 heteroatoms. The average Bonchev–Trinajstić information content (AvgIpc) is 2.11.